The van der Waals surface area contributed by atoms with Crippen LogP contribution in [0.25, 0.3) is 0 Å². The number of rotatable bonds is 7. The van der Waals surface area contributed by atoms with Crippen LogP contribution in [0.4, 0.5) is 13.6 Å². The molecule has 28 heavy (non-hydrogen) atoms. The minimum Gasteiger partial charge on any atom is -0.351 e. The van der Waals surface area contributed by atoms with Crippen molar-refractivity contribution in [2.75, 3.05) is 13.1 Å². The third-order valence-corrected chi connectivity index (χ3v) is 6.70. The minimum atomic E-state index is -2.92. The van der Waals surface area contributed by atoms with Gasteiger partial charge in [-0.3, -0.25) is 4.79 Å². The monoisotopic (exact) mass is 396 g/mol. The van der Waals surface area contributed by atoms with E-state index in [0.29, 0.717) is 38.8 Å². The number of likely N-dealkylation sites (tertiary alicyclic amines) is 1. The van der Waals surface area contributed by atoms with Crippen LogP contribution in [0.3, 0.4) is 0 Å². The van der Waals surface area contributed by atoms with Crippen LogP contribution in [0.5, 0.6) is 0 Å². The van der Waals surface area contributed by atoms with Crippen LogP contribution in [0.1, 0.15) is 58.8 Å². The van der Waals surface area contributed by atoms with Crippen LogP contribution < -0.4 is 11.1 Å². The third kappa shape index (κ3) is 4.39. The SMILES string of the molecule is CC(C)CC(F)(F)C[C@H](C(=O)NC1(C#N)CC1)C1CC12CCN(C(N)=O)CC2. The van der Waals surface area contributed by atoms with Gasteiger partial charge in [-0.2, -0.15) is 5.26 Å². The van der Waals surface area contributed by atoms with E-state index in [-0.39, 0.29) is 23.7 Å². The number of alkyl halides is 2. The molecule has 1 aliphatic heterocycles. The van der Waals surface area contributed by atoms with Crippen LogP contribution in [0, 0.1) is 34.5 Å². The van der Waals surface area contributed by atoms with E-state index in [1.807, 2.05) is 0 Å². The molecule has 3 N–H and O–H groups in total. The van der Waals surface area contributed by atoms with Gasteiger partial charge < -0.3 is 16.0 Å². The second-order valence-electron chi connectivity index (χ2n) is 9.45. The molecule has 6 nitrogen and oxygen atoms in total. The maximum Gasteiger partial charge on any atom is 0.314 e. The van der Waals surface area contributed by atoms with Gasteiger partial charge in [-0.15, -0.1) is 0 Å². The van der Waals surface area contributed by atoms with Gasteiger partial charge in [-0.25, -0.2) is 13.6 Å². The quantitative estimate of drug-likeness (QED) is 0.692. The number of carbonyl (C=O) groups excluding carboxylic acids is 2. The molecule has 2 atom stereocenters. The summed E-state index contributed by atoms with van der Waals surface area (Å²) in [4.78, 5) is 25.8. The molecule has 0 aromatic rings. The summed E-state index contributed by atoms with van der Waals surface area (Å²) in [6.07, 6.45) is 2.50. The van der Waals surface area contributed by atoms with E-state index in [2.05, 4.69) is 11.4 Å². The zero-order valence-electron chi connectivity index (χ0n) is 16.6. The number of carbonyl (C=O) groups is 2. The molecule has 1 heterocycles. The number of hydrogen-bond donors (Lipinski definition) is 2. The highest BCUT2D eigenvalue weighted by molar-refractivity contribution is 5.81. The fourth-order valence-electron chi connectivity index (χ4n) is 4.83. The molecule has 1 spiro atoms. The van der Waals surface area contributed by atoms with Crippen LogP contribution in [-0.2, 0) is 4.79 Å². The molecule has 0 aromatic heterocycles. The average molecular weight is 396 g/mol. The molecule has 2 aliphatic carbocycles. The molecule has 0 bridgehead atoms. The van der Waals surface area contributed by atoms with Crippen molar-refractivity contribution in [1.29, 1.82) is 5.26 Å². The summed E-state index contributed by atoms with van der Waals surface area (Å²) < 4.78 is 29.2. The molecule has 1 unspecified atom stereocenters. The van der Waals surface area contributed by atoms with E-state index in [4.69, 9.17) is 5.73 Å². The normalized spacial score (nSPS) is 25.9. The van der Waals surface area contributed by atoms with Gasteiger partial charge in [-0.1, -0.05) is 13.8 Å². The topological polar surface area (TPSA) is 99.2 Å². The van der Waals surface area contributed by atoms with Gasteiger partial charge in [0.2, 0.25) is 11.8 Å². The number of nitrogens with two attached hydrogens (primary N) is 1. The Bertz CT molecular complexity index is 676. The number of primary amides is 1. The number of halogens is 2. The second-order valence-corrected chi connectivity index (χ2v) is 9.45. The van der Waals surface area contributed by atoms with Crippen LogP contribution >= 0.6 is 0 Å². The number of hydrogen-bond acceptors (Lipinski definition) is 3. The van der Waals surface area contributed by atoms with Crippen molar-refractivity contribution < 1.29 is 18.4 Å². The van der Waals surface area contributed by atoms with Crippen LogP contribution in [0.2, 0.25) is 0 Å². The van der Waals surface area contributed by atoms with Gasteiger partial charge in [0.25, 0.3) is 0 Å². The summed E-state index contributed by atoms with van der Waals surface area (Å²) in [6, 6.07) is 1.64. The zero-order valence-corrected chi connectivity index (χ0v) is 16.6. The summed E-state index contributed by atoms with van der Waals surface area (Å²) in [5.41, 5.74) is 4.31. The van der Waals surface area contributed by atoms with Crippen molar-refractivity contribution in [3.05, 3.63) is 0 Å². The predicted octanol–water partition coefficient (Wildman–Crippen LogP) is 3.03. The van der Waals surface area contributed by atoms with Gasteiger partial charge in [-0.05, 0) is 49.4 Å². The number of piperidine rings is 1. The van der Waals surface area contributed by atoms with Crippen molar-refractivity contribution in [2.45, 2.75) is 70.3 Å². The molecule has 2 saturated carbocycles. The first kappa shape index (κ1) is 20.8. The number of nitriles is 1. The van der Waals surface area contributed by atoms with E-state index in [1.165, 1.54) is 0 Å². The van der Waals surface area contributed by atoms with Crippen molar-refractivity contribution in [2.24, 2.45) is 28.9 Å². The van der Waals surface area contributed by atoms with Gasteiger partial charge >= 0.3 is 6.03 Å². The Balaban J connectivity index is 1.71. The lowest BCUT2D eigenvalue weighted by molar-refractivity contribution is -0.131. The molecule has 3 rings (SSSR count). The standard InChI is InChI=1S/C20H30F2N4O2/c1-13(2)9-20(21,22)10-14(16(27)25-19(12-23)3-4-19)15-11-18(15)5-7-26(8-6-18)17(24)28/h13-15H,3-11H2,1-2H3,(H2,24,28)(H,25,27)/t14-,15?/m0/s1. The molecule has 1 saturated heterocycles. The van der Waals surface area contributed by atoms with Crippen molar-refractivity contribution >= 4 is 11.9 Å². The lowest BCUT2D eigenvalue weighted by Crippen LogP contribution is -2.45. The maximum atomic E-state index is 14.6. The van der Waals surface area contributed by atoms with Gasteiger partial charge in [0, 0.05) is 31.8 Å². The van der Waals surface area contributed by atoms with Crippen molar-refractivity contribution in [1.82, 2.24) is 10.2 Å². The molecular weight excluding hydrogens is 366 g/mol. The highest BCUT2D eigenvalue weighted by Crippen LogP contribution is 2.64. The molecule has 0 aromatic carbocycles. The van der Waals surface area contributed by atoms with Gasteiger partial charge in [0.1, 0.15) is 5.54 Å². The first-order chi connectivity index (χ1) is 13.0. The van der Waals surface area contributed by atoms with E-state index in [0.717, 1.165) is 6.42 Å². The molecule has 156 valence electrons. The fraction of sp³-hybridized carbons (Fsp3) is 0.850. The molecular formula is C20H30F2N4O2. The number of urea groups is 1. The Hall–Kier alpha value is -1.91. The van der Waals surface area contributed by atoms with Gasteiger partial charge in [0.05, 0.1) is 6.07 Å². The van der Waals surface area contributed by atoms with Gasteiger partial charge in [0.15, 0.2) is 0 Å². The largest absolute Gasteiger partial charge is 0.351 e. The predicted molar refractivity (Wildman–Crippen MR) is 99.2 cm³/mol. The van der Waals surface area contributed by atoms with E-state index in [1.54, 1.807) is 18.7 Å². The summed E-state index contributed by atoms with van der Waals surface area (Å²) in [5.74, 6) is -4.44. The molecule has 3 amide bonds. The Morgan fingerprint density at radius 1 is 1.25 bits per heavy atom. The molecule has 0 radical (unpaired) electrons. The van der Waals surface area contributed by atoms with Crippen LogP contribution in [-0.4, -0.2) is 41.4 Å². The highest BCUT2D eigenvalue weighted by Gasteiger charge is 2.61. The van der Waals surface area contributed by atoms with Crippen molar-refractivity contribution in [3.8, 4) is 6.07 Å². The Morgan fingerprint density at radius 3 is 2.32 bits per heavy atom. The number of nitrogens with zero attached hydrogens (tertiary/aromatic N) is 2. The smallest absolute Gasteiger partial charge is 0.314 e. The summed E-state index contributed by atoms with van der Waals surface area (Å²) in [6.45, 7) is 4.50. The number of amides is 3. The first-order valence-corrected chi connectivity index (χ1v) is 10.2. The Morgan fingerprint density at radius 2 is 1.86 bits per heavy atom. The van der Waals surface area contributed by atoms with E-state index >= 15 is 0 Å². The zero-order chi connectivity index (χ0) is 20.7. The Labute approximate surface area is 164 Å². The van der Waals surface area contributed by atoms with E-state index in [9.17, 15) is 23.6 Å². The summed E-state index contributed by atoms with van der Waals surface area (Å²) in [5, 5.41) is 12.0. The third-order valence-electron chi connectivity index (χ3n) is 6.70. The van der Waals surface area contributed by atoms with Crippen molar-refractivity contribution in [3.63, 3.8) is 0 Å². The molecule has 8 heteroatoms. The minimum absolute atomic E-state index is 0.130. The first-order valence-electron chi connectivity index (χ1n) is 10.2. The molecule has 3 aliphatic rings. The number of nitrogens with one attached hydrogen (secondary N) is 1. The Kier molecular flexibility index (Phi) is 5.32. The van der Waals surface area contributed by atoms with Crippen LogP contribution in [0.15, 0.2) is 0 Å². The lowest BCUT2D eigenvalue weighted by atomic mass is 9.82. The molecule has 3 fully saturated rings. The lowest BCUT2D eigenvalue weighted by Gasteiger charge is -2.33. The summed E-state index contributed by atoms with van der Waals surface area (Å²) >= 11 is 0. The van der Waals surface area contributed by atoms with E-state index < -0.39 is 35.7 Å². The second kappa shape index (κ2) is 7.16. The summed E-state index contributed by atoms with van der Waals surface area (Å²) in [7, 11) is 0. The average Bonchev–Trinajstić information content (AvgIpc) is 3.50. The fourth-order valence-corrected chi connectivity index (χ4v) is 4.83. The highest BCUT2D eigenvalue weighted by atomic mass is 19.3. The maximum absolute atomic E-state index is 14.6.